The van der Waals surface area contributed by atoms with E-state index in [2.05, 4.69) is 0 Å². The molecule has 0 unspecified atom stereocenters. The van der Waals surface area contributed by atoms with Crippen LogP contribution >= 0.6 is 0 Å². The monoisotopic (exact) mass is 212 g/mol. The molecule has 0 aliphatic rings. The van der Waals surface area contributed by atoms with E-state index in [4.69, 9.17) is 10.2 Å². The van der Waals surface area contributed by atoms with Crippen LogP contribution in [0.25, 0.3) is 0 Å². The van der Waals surface area contributed by atoms with Gasteiger partial charge in [-0.15, -0.1) is 0 Å². The largest absolute Gasteiger partial charge is 0.387 e. The van der Waals surface area contributed by atoms with E-state index in [9.17, 15) is 18.0 Å². The van der Waals surface area contributed by atoms with Gasteiger partial charge in [-0.1, -0.05) is 0 Å². The fraction of sp³-hybridized carbons (Fsp3) is 0.500. The van der Waals surface area contributed by atoms with Gasteiger partial charge >= 0.3 is 10.2 Å². The normalized spacial score (nSPS) is 10.6. The van der Waals surface area contributed by atoms with Crippen LogP contribution in [-0.4, -0.2) is 43.7 Å². The molecule has 4 N–H and O–H groups in total. The van der Waals surface area contributed by atoms with E-state index in [1.54, 1.807) is 0 Å². The summed E-state index contributed by atoms with van der Waals surface area (Å²) in [4.78, 5) is 20.7. The zero-order valence-electron chi connectivity index (χ0n) is 6.35. The predicted molar refractivity (Wildman–Crippen MR) is 39.4 cm³/mol. The van der Waals surface area contributed by atoms with Gasteiger partial charge in [0.15, 0.2) is 0 Å². The second kappa shape index (κ2) is 4.74. The van der Waals surface area contributed by atoms with Gasteiger partial charge in [-0.2, -0.15) is 8.42 Å². The summed E-state index contributed by atoms with van der Waals surface area (Å²) in [6, 6.07) is 0. The number of rotatable bonds is 4. The molecule has 76 valence electrons. The first-order chi connectivity index (χ1) is 5.91. The van der Waals surface area contributed by atoms with Crippen LogP contribution in [0.3, 0.4) is 0 Å². The van der Waals surface area contributed by atoms with Crippen molar-refractivity contribution in [1.29, 1.82) is 0 Å². The number of hydrogen-bond acceptors (Lipinski definition) is 6. The standard InChI is InChI=1S/C4H8N2O6S/c7-1-3(9)5-13(11,12)6-4(10)2-8/h7-8H,1-2H2,(H,5,9)(H,6,10). The van der Waals surface area contributed by atoms with Crippen molar-refractivity contribution in [2.75, 3.05) is 13.2 Å². The molecule has 0 aliphatic carbocycles. The van der Waals surface area contributed by atoms with Crippen molar-refractivity contribution in [1.82, 2.24) is 9.44 Å². The molecule has 0 atom stereocenters. The Morgan fingerprint density at radius 2 is 1.31 bits per heavy atom. The molecule has 0 bridgehead atoms. The molecule has 0 radical (unpaired) electrons. The predicted octanol–water partition coefficient (Wildman–Crippen LogP) is -3.55. The average molecular weight is 212 g/mol. The van der Waals surface area contributed by atoms with Crippen LogP contribution in [-0.2, 0) is 19.8 Å². The van der Waals surface area contributed by atoms with Crippen molar-refractivity contribution in [3.63, 3.8) is 0 Å². The van der Waals surface area contributed by atoms with Gasteiger partial charge in [0.05, 0.1) is 0 Å². The van der Waals surface area contributed by atoms with Gasteiger partial charge in [0, 0.05) is 0 Å². The van der Waals surface area contributed by atoms with Gasteiger partial charge in [-0.05, 0) is 0 Å². The summed E-state index contributed by atoms with van der Waals surface area (Å²) in [6.45, 7) is -2.04. The van der Waals surface area contributed by atoms with Gasteiger partial charge in [-0.3, -0.25) is 9.59 Å². The summed E-state index contributed by atoms with van der Waals surface area (Å²) in [6.07, 6.45) is 0. The van der Waals surface area contributed by atoms with E-state index < -0.39 is 35.2 Å². The second-order valence-electron chi connectivity index (χ2n) is 1.87. The average Bonchev–Trinajstić information content (AvgIpc) is 2.02. The van der Waals surface area contributed by atoms with Crippen LogP contribution in [0.15, 0.2) is 0 Å². The summed E-state index contributed by atoms with van der Waals surface area (Å²) in [5, 5.41) is 16.3. The number of aliphatic hydroxyl groups excluding tert-OH is 2. The zero-order chi connectivity index (χ0) is 10.5. The first-order valence-corrected chi connectivity index (χ1v) is 4.47. The van der Waals surface area contributed by atoms with Crippen molar-refractivity contribution in [3.05, 3.63) is 0 Å². The van der Waals surface area contributed by atoms with Crippen LogP contribution in [0.1, 0.15) is 0 Å². The van der Waals surface area contributed by atoms with Crippen molar-refractivity contribution in [2.45, 2.75) is 0 Å². The van der Waals surface area contributed by atoms with Crippen molar-refractivity contribution in [2.24, 2.45) is 0 Å². The molecule has 2 amide bonds. The van der Waals surface area contributed by atoms with Gasteiger partial charge in [0.1, 0.15) is 13.2 Å². The number of aliphatic hydroxyl groups is 2. The molecule has 0 saturated heterocycles. The molecule has 0 aliphatic heterocycles. The molecule has 0 fully saturated rings. The van der Waals surface area contributed by atoms with Crippen LogP contribution in [0.5, 0.6) is 0 Å². The lowest BCUT2D eigenvalue weighted by Crippen LogP contribution is -2.44. The Labute approximate surface area is 73.7 Å². The molecular weight excluding hydrogens is 204 g/mol. The molecule has 0 aromatic heterocycles. The fourth-order valence-electron chi connectivity index (χ4n) is 0.390. The van der Waals surface area contributed by atoms with Gasteiger partial charge in [0.2, 0.25) is 0 Å². The highest BCUT2D eigenvalue weighted by molar-refractivity contribution is 7.88. The Balaban J connectivity index is 4.26. The van der Waals surface area contributed by atoms with E-state index in [1.807, 2.05) is 0 Å². The molecular formula is C4H8N2O6S. The first kappa shape index (κ1) is 11.8. The highest BCUT2D eigenvalue weighted by Gasteiger charge is 2.15. The number of carbonyl (C=O) groups excluding carboxylic acids is 2. The number of carbonyl (C=O) groups is 2. The Morgan fingerprint density at radius 1 is 1.00 bits per heavy atom. The van der Waals surface area contributed by atoms with Gasteiger partial charge in [-0.25, -0.2) is 9.44 Å². The third-order valence-electron chi connectivity index (χ3n) is 0.784. The van der Waals surface area contributed by atoms with Gasteiger partial charge < -0.3 is 10.2 Å². The Kier molecular flexibility index (Phi) is 4.31. The molecule has 0 rings (SSSR count). The van der Waals surface area contributed by atoms with Crippen LogP contribution in [0.2, 0.25) is 0 Å². The third kappa shape index (κ3) is 5.11. The Hall–Kier alpha value is -1.19. The molecule has 0 heterocycles. The topological polar surface area (TPSA) is 133 Å². The van der Waals surface area contributed by atoms with E-state index in [0.717, 1.165) is 0 Å². The summed E-state index contributed by atoms with van der Waals surface area (Å²) < 4.78 is 24.0. The Bertz CT molecular complexity index is 272. The maximum atomic E-state index is 10.7. The summed E-state index contributed by atoms with van der Waals surface area (Å²) >= 11 is 0. The molecule has 0 spiro atoms. The summed E-state index contributed by atoms with van der Waals surface area (Å²) in [5.74, 6) is -2.36. The lowest BCUT2D eigenvalue weighted by molar-refractivity contribution is -0.122. The minimum Gasteiger partial charge on any atom is -0.387 e. The SMILES string of the molecule is O=C(CO)NS(=O)(=O)NC(=O)CO. The first-order valence-electron chi connectivity index (χ1n) is 2.99. The third-order valence-corrected chi connectivity index (χ3v) is 1.78. The van der Waals surface area contributed by atoms with E-state index in [1.165, 1.54) is 9.44 Å². The maximum Gasteiger partial charge on any atom is 0.326 e. The van der Waals surface area contributed by atoms with Gasteiger partial charge in [0.25, 0.3) is 11.8 Å². The lowest BCUT2D eigenvalue weighted by Gasteiger charge is -2.04. The number of amides is 2. The highest BCUT2D eigenvalue weighted by Crippen LogP contribution is 1.77. The minimum atomic E-state index is -4.32. The zero-order valence-corrected chi connectivity index (χ0v) is 7.17. The summed E-state index contributed by atoms with van der Waals surface area (Å²) in [5.41, 5.74) is 0. The Morgan fingerprint density at radius 3 is 1.54 bits per heavy atom. The fourth-order valence-corrected chi connectivity index (χ4v) is 1.17. The molecule has 13 heavy (non-hydrogen) atoms. The molecule has 8 nitrogen and oxygen atoms in total. The van der Waals surface area contributed by atoms with Crippen molar-refractivity contribution < 1.29 is 28.2 Å². The van der Waals surface area contributed by atoms with Crippen LogP contribution < -0.4 is 9.44 Å². The maximum absolute atomic E-state index is 10.7. The number of hydrogen-bond donors (Lipinski definition) is 4. The molecule has 0 saturated carbocycles. The second-order valence-corrected chi connectivity index (χ2v) is 3.29. The van der Waals surface area contributed by atoms with E-state index in [-0.39, 0.29) is 0 Å². The van der Waals surface area contributed by atoms with Crippen molar-refractivity contribution in [3.8, 4) is 0 Å². The highest BCUT2D eigenvalue weighted by atomic mass is 32.2. The van der Waals surface area contributed by atoms with Crippen LogP contribution in [0.4, 0.5) is 0 Å². The smallest absolute Gasteiger partial charge is 0.326 e. The van der Waals surface area contributed by atoms with Crippen LogP contribution in [0, 0.1) is 0 Å². The minimum absolute atomic E-state index is 1.02. The summed E-state index contributed by atoms with van der Waals surface area (Å²) in [7, 11) is -4.32. The lowest BCUT2D eigenvalue weighted by atomic mass is 10.7. The van der Waals surface area contributed by atoms with E-state index >= 15 is 0 Å². The molecule has 0 aromatic carbocycles. The number of nitrogens with one attached hydrogen (secondary N) is 2. The van der Waals surface area contributed by atoms with Crippen molar-refractivity contribution >= 4 is 22.0 Å². The molecule has 0 aromatic rings. The van der Waals surface area contributed by atoms with E-state index in [0.29, 0.717) is 0 Å². The quantitative estimate of drug-likeness (QED) is 0.381. The molecule has 9 heteroatoms.